The van der Waals surface area contributed by atoms with E-state index < -0.39 is 6.10 Å². The van der Waals surface area contributed by atoms with E-state index >= 15 is 0 Å². The van der Waals surface area contributed by atoms with Crippen LogP contribution >= 0.6 is 11.6 Å². The highest BCUT2D eigenvalue weighted by Crippen LogP contribution is 2.08. The van der Waals surface area contributed by atoms with Crippen molar-refractivity contribution in [2.75, 3.05) is 23.9 Å². The normalized spacial score (nSPS) is 12.5. The van der Waals surface area contributed by atoms with Crippen molar-refractivity contribution in [2.45, 2.75) is 26.5 Å². The fourth-order valence-corrected chi connectivity index (χ4v) is 1.67. The molecule has 1 unspecified atom stereocenters. The van der Waals surface area contributed by atoms with E-state index in [0.29, 0.717) is 0 Å². The van der Waals surface area contributed by atoms with E-state index in [9.17, 15) is 9.90 Å². The third kappa shape index (κ3) is 3.71. The second-order valence-electron chi connectivity index (χ2n) is 3.71. The molecule has 1 N–H and O–H groups in total. The van der Waals surface area contributed by atoms with Crippen LogP contribution in [0.25, 0.3) is 0 Å². The van der Waals surface area contributed by atoms with Gasteiger partial charge in [-0.25, -0.2) is 4.68 Å². The molecule has 0 bridgehead atoms. The van der Waals surface area contributed by atoms with Crippen LogP contribution in [0.15, 0.2) is 17.1 Å². The zero-order chi connectivity index (χ0) is 12.8. The molecular formula is C11H18ClN3O2. The summed E-state index contributed by atoms with van der Waals surface area (Å²) in [6.07, 6.45) is 0.885. The van der Waals surface area contributed by atoms with Crippen molar-refractivity contribution < 1.29 is 5.11 Å². The molecule has 0 aliphatic heterocycles. The van der Waals surface area contributed by atoms with E-state index in [-0.39, 0.29) is 18.0 Å². The third-order valence-electron chi connectivity index (χ3n) is 2.55. The summed E-state index contributed by atoms with van der Waals surface area (Å²) in [7, 11) is 0. The van der Waals surface area contributed by atoms with E-state index in [1.165, 1.54) is 10.7 Å². The first-order valence-corrected chi connectivity index (χ1v) is 6.21. The van der Waals surface area contributed by atoms with Gasteiger partial charge in [-0.15, -0.1) is 11.6 Å². The molecule has 1 aromatic rings. The molecule has 1 heterocycles. The maximum absolute atomic E-state index is 11.7. The molecule has 17 heavy (non-hydrogen) atoms. The summed E-state index contributed by atoms with van der Waals surface area (Å²) in [5, 5.41) is 13.4. The number of hydrogen-bond donors (Lipinski definition) is 1. The first-order valence-electron chi connectivity index (χ1n) is 5.68. The van der Waals surface area contributed by atoms with Gasteiger partial charge < -0.3 is 10.0 Å². The number of aliphatic hydroxyl groups excluding tert-OH is 1. The van der Waals surface area contributed by atoms with Crippen LogP contribution < -0.4 is 10.5 Å². The lowest BCUT2D eigenvalue weighted by Crippen LogP contribution is -2.31. The maximum atomic E-state index is 11.7. The first kappa shape index (κ1) is 14.0. The quantitative estimate of drug-likeness (QED) is 0.764. The van der Waals surface area contributed by atoms with E-state index in [4.69, 9.17) is 11.6 Å². The number of nitrogens with zero attached hydrogens (tertiary/aromatic N) is 3. The van der Waals surface area contributed by atoms with E-state index in [1.54, 1.807) is 6.20 Å². The average molecular weight is 260 g/mol. The number of rotatable bonds is 6. The maximum Gasteiger partial charge on any atom is 0.268 e. The predicted octanol–water partition coefficient (Wildman–Crippen LogP) is 0.689. The minimum atomic E-state index is -0.749. The monoisotopic (exact) mass is 259 g/mol. The van der Waals surface area contributed by atoms with Gasteiger partial charge in [0.05, 0.1) is 30.4 Å². The summed E-state index contributed by atoms with van der Waals surface area (Å²) >= 11 is 5.48. The van der Waals surface area contributed by atoms with Gasteiger partial charge in [0.25, 0.3) is 5.56 Å². The fraction of sp³-hybridized carbons (Fsp3) is 0.636. The van der Waals surface area contributed by atoms with Gasteiger partial charge in [0.15, 0.2) is 0 Å². The highest BCUT2D eigenvalue weighted by atomic mass is 35.5. The van der Waals surface area contributed by atoms with Crippen LogP contribution in [0.2, 0.25) is 0 Å². The lowest BCUT2D eigenvalue weighted by atomic mass is 10.3. The van der Waals surface area contributed by atoms with Gasteiger partial charge in [-0.05, 0) is 13.8 Å². The molecule has 0 saturated heterocycles. The molecule has 1 aromatic heterocycles. The van der Waals surface area contributed by atoms with Crippen LogP contribution in [-0.2, 0) is 6.54 Å². The molecule has 1 atom stereocenters. The second-order valence-corrected chi connectivity index (χ2v) is 4.02. The summed E-state index contributed by atoms with van der Waals surface area (Å²) < 4.78 is 1.22. The minimum absolute atomic E-state index is 0.0892. The SMILES string of the molecule is CCN(CC)c1cnn(CC(O)CCl)c(=O)c1. The number of anilines is 1. The minimum Gasteiger partial charge on any atom is -0.390 e. The van der Waals surface area contributed by atoms with Crippen molar-refractivity contribution >= 4 is 17.3 Å². The molecule has 5 nitrogen and oxygen atoms in total. The highest BCUT2D eigenvalue weighted by molar-refractivity contribution is 6.18. The predicted molar refractivity (Wildman–Crippen MR) is 68.8 cm³/mol. The van der Waals surface area contributed by atoms with E-state index in [2.05, 4.69) is 5.10 Å². The van der Waals surface area contributed by atoms with Gasteiger partial charge in [-0.1, -0.05) is 0 Å². The van der Waals surface area contributed by atoms with Crippen LogP contribution in [0.4, 0.5) is 5.69 Å². The second kappa shape index (κ2) is 6.61. The van der Waals surface area contributed by atoms with Gasteiger partial charge in [0.2, 0.25) is 0 Å². The summed E-state index contributed by atoms with van der Waals surface area (Å²) in [5.74, 6) is 0.0892. The molecule has 0 aromatic carbocycles. The van der Waals surface area contributed by atoms with Gasteiger partial charge >= 0.3 is 0 Å². The molecule has 0 amide bonds. The van der Waals surface area contributed by atoms with E-state index in [1.807, 2.05) is 18.7 Å². The summed E-state index contributed by atoms with van der Waals surface area (Å²) in [5.41, 5.74) is 0.579. The number of aromatic nitrogens is 2. The molecule has 0 aliphatic rings. The summed E-state index contributed by atoms with van der Waals surface area (Å²) in [6, 6.07) is 1.53. The van der Waals surface area contributed by atoms with Crippen LogP contribution in [0.5, 0.6) is 0 Å². The Hall–Kier alpha value is -1.07. The Morgan fingerprint density at radius 3 is 2.65 bits per heavy atom. The Bertz CT molecular complexity index is 404. The molecule has 0 radical (unpaired) electrons. The van der Waals surface area contributed by atoms with Crippen LogP contribution in [-0.4, -0.2) is 40.0 Å². The molecule has 0 saturated carbocycles. The molecule has 1 rings (SSSR count). The number of halogens is 1. The Morgan fingerprint density at radius 2 is 2.18 bits per heavy atom. The largest absolute Gasteiger partial charge is 0.390 e. The van der Waals surface area contributed by atoms with Crippen molar-refractivity contribution in [3.05, 3.63) is 22.6 Å². The van der Waals surface area contributed by atoms with E-state index in [0.717, 1.165) is 18.8 Å². The van der Waals surface area contributed by atoms with Crippen molar-refractivity contribution in [2.24, 2.45) is 0 Å². The molecule has 0 spiro atoms. The van der Waals surface area contributed by atoms with Crippen LogP contribution in [0.3, 0.4) is 0 Å². The average Bonchev–Trinajstić information content (AvgIpc) is 2.33. The third-order valence-corrected chi connectivity index (χ3v) is 2.90. The Morgan fingerprint density at radius 1 is 1.53 bits per heavy atom. The smallest absolute Gasteiger partial charge is 0.268 e. The highest BCUT2D eigenvalue weighted by Gasteiger charge is 2.08. The Kier molecular flexibility index (Phi) is 5.44. The van der Waals surface area contributed by atoms with Gasteiger partial charge in [-0.3, -0.25) is 4.79 Å². The lowest BCUT2D eigenvalue weighted by Gasteiger charge is -2.20. The van der Waals surface area contributed by atoms with Crippen molar-refractivity contribution in [1.82, 2.24) is 9.78 Å². The van der Waals surface area contributed by atoms with Crippen LogP contribution in [0.1, 0.15) is 13.8 Å². The number of aliphatic hydroxyl groups is 1. The van der Waals surface area contributed by atoms with Gasteiger partial charge in [0.1, 0.15) is 0 Å². The van der Waals surface area contributed by atoms with Gasteiger partial charge in [0, 0.05) is 19.2 Å². The topological polar surface area (TPSA) is 58.4 Å². The molecular weight excluding hydrogens is 242 g/mol. The summed E-state index contributed by atoms with van der Waals surface area (Å²) in [6.45, 7) is 5.82. The molecule has 0 fully saturated rings. The molecule has 0 aliphatic carbocycles. The molecule has 96 valence electrons. The number of alkyl halides is 1. The Balaban J connectivity index is 2.90. The molecule has 6 heteroatoms. The van der Waals surface area contributed by atoms with Crippen molar-refractivity contribution in [3.63, 3.8) is 0 Å². The number of hydrogen-bond acceptors (Lipinski definition) is 4. The van der Waals surface area contributed by atoms with Gasteiger partial charge in [-0.2, -0.15) is 5.10 Å². The van der Waals surface area contributed by atoms with Crippen molar-refractivity contribution in [3.8, 4) is 0 Å². The van der Waals surface area contributed by atoms with Crippen molar-refractivity contribution in [1.29, 1.82) is 0 Å². The standard InChI is InChI=1S/C11H18ClN3O2/c1-3-14(4-2)9-5-11(17)15(13-7-9)8-10(16)6-12/h5,7,10,16H,3-4,6,8H2,1-2H3. The first-order chi connectivity index (χ1) is 8.12. The zero-order valence-electron chi connectivity index (χ0n) is 10.1. The fourth-order valence-electron chi connectivity index (χ4n) is 1.57. The lowest BCUT2D eigenvalue weighted by molar-refractivity contribution is 0.169. The zero-order valence-corrected chi connectivity index (χ0v) is 10.9. The summed E-state index contributed by atoms with van der Waals surface area (Å²) in [4.78, 5) is 13.8. The Labute approximate surface area is 106 Å². The van der Waals surface area contributed by atoms with Crippen LogP contribution in [0, 0.1) is 0 Å².